The van der Waals surface area contributed by atoms with Crippen LogP contribution in [0.5, 0.6) is 0 Å². The molecule has 4 nitrogen and oxygen atoms in total. The van der Waals surface area contributed by atoms with Crippen molar-refractivity contribution in [3.63, 3.8) is 0 Å². The summed E-state index contributed by atoms with van der Waals surface area (Å²) in [5.74, 6) is 0. The summed E-state index contributed by atoms with van der Waals surface area (Å²) in [4.78, 5) is 4.18. The van der Waals surface area contributed by atoms with Crippen LogP contribution >= 0.6 is 0 Å². The van der Waals surface area contributed by atoms with E-state index in [1.807, 2.05) is 6.92 Å². The largest absolute Gasteiger partial charge is 0.411 e. The highest BCUT2D eigenvalue weighted by molar-refractivity contribution is 5.59. The average Bonchev–Trinajstić information content (AvgIpc) is 2.31. The smallest absolute Gasteiger partial charge is 0.384 e. The van der Waals surface area contributed by atoms with Crippen LogP contribution in [0.4, 0.5) is 18.9 Å². The Balaban J connectivity index is 2.41. The molecule has 1 heterocycles. The lowest BCUT2D eigenvalue weighted by atomic mass is 10.1. The minimum atomic E-state index is -4.29. The number of aromatic nitrogens is 1. The van der Waals surface area contributed by atoms with E-state index in [1.54, 1.807) is 13.0 Å². The van der Waals surface area contributed by atoms with Crippen LogP contribution in [-0.4, -0.2) is 30.9 Å². The van der Waals surface area contributed by atoms with Crippen LogP contribution in [0.15, 0.2) is 6.07 Å². The summed E-state index contributed by atoms with van der Waals surface area (Å²) >= 11 is 0. The zero-order valence-electron chi connectivity index (χ0n) is 11.3. The number of hydrogen-bond donors (Lipinski definition) is 1. The minimum Gasteiger partial charge on any atom is -0.384 e. The molecule has 1 N–H and O–H groups in total. The van der Waals surface area contributed by atoms with E-state index < -0.39 is 12.8 Å². The Morgan fingerprint density at radius 1 is 1.40 bits per heavy atom. The third-order valence-corrected chi connectivity index (χ3v) is 2.49. The number of alkyl halides is 3. The molecule has 0 fully saturated rings. The molecule has 0 aliphatic heterocycles. The Hall–Kier alpha value is -1.81. The molecule has 0 atom stereocenters. The highest BCUT2D eigenvalue weighted by atomic mass is 19.4. The standard InChI is InChI=1S/C13H16F3N3O/c1-9-6-12(11(7-17)10(2)19-9)18-4-3-5-20-8-13(14,15)16/h6H,3-5,8H2,1-2H3,(H,18,19). The molecule has 0 bridgehead atoms. The number of ether oxygens (including phenoxy) is 1. The number of nitrogens with zero attached hydrogens (tertiary/aromatic N) is 2. The third kappa shape index (κ3) is 5.45. The van der Waals surface area contributed by atoms with Crippen molar-refractivity contribution >= 4 is 5.69 Å². The van der Waals surface area contributed by atoms with Crippen LogP contribution in [0.25, 0.3) is 0 Å². The molecular weight excluding hydrogens is 271 g/mol. The fourth-order valence-corrected chi connectivity index (χ4v) is 1.69. The lowest BCUT2D eigenvalue weighted by molar-refractivity contribution is -0.173. The van der Waals surface area contributed by atoms with Crippen molar-refractivity contribution in [2.75, 3.05) is 25.1 Å². The predicted molar refractivity (Wildman–Crippen MR) is 68.4 cm³/mol. The van der Waals surface area contributed by atoms with Gasteiger partial charge < -0.3 is 10.1 Å². The van der Waals surface area contributed by atoms with Gasteiger partial charge in [-0.2, -0.15) is 18.4 Å². The number of rotatable bonds is 6. The predicted octanol–water partition coefficient (Wildman–Crippen LogP) is 2.95. The molecule has 0 amide bonds. The molecule has 0 aromatic carbocycles. The van der Waals surface area contributed by atoms with E-state index in [9.17, 15) is 13.2 Å². The fraction of sp³-hybridized carbons (Fsp3) is 0.538. The first-order valence-electron chi connectivity index (χ1n) is 6.10. The van der Waals surface area contributed by atoms with Crippen molar-refractivity contribution < 1.29 is 17.9 Å². The van der Waals surface area contributed by atoms with Gasteiger partial charge in [0, 0.05) is 18.8 Å². The van der Waals surface area contributed by atoms with Gasteiger partial charge in [-0.3, -0.25) is 4.98 Å². The molecule has 1 rings (SSSR count). The SMILES string of the molecule is Cc1cc(NCCCOCC(F)(F)F)c(C#N)c(C)n1. The summed E-state index contributed by atoms with van der Waals surface area (Å²) in [5, 5.41) is 12.1. The second kappa shape index (κ2) is 7.10. The molecule has 0 aliphatic rings. The van der Waals surface area contributed by atoms with Gasteiger partial charge in [-0.25, -0.2) is 0 Å². The maximum Gasteiger partial charge on any atom is 0.411 e. The molecule has 0 aliphatic carbocycles. The molecular formula is C13H16F3N3O. The lowest BCUT2D eigenvalue weighted by Gasteiger charge is -2.11. The Morgan fingerprint density at radius 3 is 2.70 bits per heavy atom. The van der Waals surface area contributed by atoms with Crippen molar-refractivity contribution in [3.8, 4) is 6.07 Å². The fourth-order valence-electron chi connectivity index (χ4n) is 1.69. The van der Waals surface area contributed by atoms with Crippen molar-refractivity contribution in [2.24, 2.45) is 0 Å². The van der Waals surface area contributed by atoms with Crippen LogP contribution in [0, 0.1) is 25.2 Å². The number of nitriles is 1. The van der Waals surface area contributed by atoms with Gasteiger partial charge in [-0.05, 0) is 26.3 Å². The van der Waals surface area contributed by atoms with Gasteiger partial charge in [0.25, 0.3) is 0 Å². The van der Waals surface area contributed by atoms with Crippen molar-refractivity contribution in [2.45, 2.75) is 26.4 Å². The van der Waals surface area contributed by atoms with Gasteiger partial charge in [-0.1, -0.05) is 0 Å². The van der Waals surface area contributed by atoms with Gasteiger partial charge in [0.05, 0.1) is 16.9 Å². The Bertz CT molecular complexity index is 495. The van der Waals surface area contributed by atoms with E-state index in [0.717, 1.165) is 5.69 Å². The Labute approximate surface area is 115 Å². The zero-order valence-corrected chi connectivity index (χ0v) is 11.3. The maximum atomic E-state index is 11.8. The lowest BCUT2D eigenvalue weighted by Crippen LogP contribution is -2.18. The summed E-state index contributed by atoms with van der Waals surface area (Å²) in [5.41, 5.74) is 2.50. The molecule has 0 saturated carbocycles. The van der Waals surface area contributed by atoms with Crippen molar-refractivity contribution in [3.05, 3.63) is 23.0 Å². The van der Waals surface area contributed by atoms with Gasteiger partial charge in [0.15, 0.2) is 0 Å². The van der Waals surface area contributed by atoms with Gasteiger partial charge in [0.1, 0.15) is 12.7 Å². The summed E-state index contributed by atoms with van der Waals surface area (Å²) in [6.07, 6.45) is -3.87. The van der Waals surface area contributed by atoms with E-state index in [1.165, 1.54) is 0 Å². The summed E-state index contributed by atoms with van der Waals surface area (Å²) in [6.45, 7) is 2.76. The number of halogens is 3. The molecule has 7 heteroatoms. The number of hydrogen-bond acceptors (Lipinski definition) is 4. The molecule has 0 spiro atoms. The highest BCUT2D eigenvalue weighted by Gasteiger charge is 2.27. The highest BCUT2D eigenvalue weighted by Crippen LogP contribution is 2.18. The van der Waals surface area contributed by atoms with Crippen LogP contribution in [-0.2, 0) is 4.74 Å². The normalized spacial score (nSPS) is 11.2. The first kappa shape index (κ1) is 16.2. The first-order valence-corrected chi connectivity index (χ1v) is 6.10. The van der Waals surface area contributed by atoms with Crippen LogP contribution in [0.1, 0.15) is 23.4 Å². The molecule has 0 radical (unpaired) electrons. The second-order valence-corrected chi connectivity index (χ2v) is 4.33. The zero-order chi connectivity index (χ0) is 15.2. The van der Waals surface area contributed by atoms with E-state index in [-0.39, 0.29) is 6.61 Å². The van der Waals surface area contributed by atoms with Crippen LogP contribution in [0.3, 0.4) is 0 Å². The van der Waals surface area contributed by atoms with E-state index >= 15 is 0 Å². The van der Waals surface area contributed by atoms with Gasteiger partial charge in [0.2, 0.25) is 0 Å². The van der Waals surface area contributed by atoms with Crippen LogP contribution < -0.4 is 5.32 Å². The Kier molecular flexibility index (Phi) is 5.77. The summed E-state index contributed by atoms with van der Waals surface area (Å²) < 4.78 is 40.0. The Morgan fingerprint density at radius 2 is 2.10 bits per heavy atom. The summed E-state index contributed by atoms with van der Waals surface area (Å²) in [7, 11) is 0. The minimum absolute atomic E-state index is 0.0114. The monoisotopic (exact) mass is 287 g/mol. The molecule has 1 aromatic heterocycles. The number of anilines is 1. The molecule has 110 valence electrons. The second-order valence-electron chi connectivity index (χ2n) is 4.33. The average molecular weight is 287 g/mol. The van der Waals surface area contributed by atoms with Gasteiger partial charge in [-0.15, -0.1) is 0 Å². The topological polar surface area (TPSA) is 57.9 Å². The molecule has 0 unspecified atom stereocenters. The maximum absolute atomic E-state index is 11.8. The third-order valence-electron chi connectivity index (χ3n) is 2.49. The number of aryl methyl sites for hydroxylation is 2. The number of pyridine rings is 1. The van der Waals surface area contributed by atoms with E-state index in [0.29, 0.717) is 29.9 Å². The van der Waals surface area contributed by atoms with Crippen LogP contribution in [0.2, 0.25) is 0 Å². The van der Waals surface area contributed by atoms with Crippen molar-refractivity contribution in [1.29, 1.82) is 5.26 Å². The number of nitrogens with one attached hydrogen (secondary N) is 1. The molecule has 20 heavy (non-hydrogen) atoms. The first-order chi connectivity index (χ1) is 9.33. The molecule has 0 saturated heterocycles. The quantitative estimate of drug-likeness (QED) is 0.817. The van der Waals surface area contributed by atoms with E-state index in [2.05, 4.69) is 21.1 Å². The van der Waals surface area contributed by atoms with Crippen molar-refractivity contribution in [1.82, 2.24) is 4.98 Å². The van der Waals surface area contributed by atoms with Gasteiger partial charge >= 0.3 is 6.18 Å². The molecule has 1 aromatic rings. The van der Waals surface area contributed by atoms with E-state index in [4.69, 9.17) is 5.26 Å². The summed E-state index contributed by atoms with van der Waals surface area (Å²) in [6, 6.07) is 3.80.